The highest BCUT2D eigenvalue weighted by Crippen LogP contribution is 2.16. The summed E-state index contributed by atoms with van der Waals surface area (Å²) >= 11 is 0. The molecule has 0 radical (unpaired) electrons. The zero-order valence-electron chi connectivity index (χ0n) is 41.8. The van der Waals surface area contributed by atoms with Crippen molar-refractivity contribution in [2.24, 2.45) is 0 Å². The summed E-state index contributed by atoms with van der Waals surface area (Å²) in [6.07, 6.45) is 62.4. The molecule has 0 aliphatic heterocycles. The Bertz CT molecular complexity index is 1110. The predicted molar refractivity (Wildman–Crippen MR) is 270 cm³/mol. The van der Waals surface area contributed by atoms with Gasteiger partial charge in [-0.15, -0.1) is 0 Å². The van der Waals surface area contributed by atoms with Crippen molar-refractivity contribution in [3.8, 4) is 0 Å². The molecule has 0 spiro atoms. The summed E-state index contributed by atoms with van der Waals surface area (Å²) in [6, 6.07) is 0. The molecular formula is C57H102O6. The van der Waals surface area contributed by atoms with E-state index >= 15 is 0 Å². The van der Waals surface area contributed by atoms with Crippen molar-refractivity contribution in [3.63, 3.8) is 0 Å². The number of hydrogen-bond acceptors (Lipinski definition) is 6. The highest BCUT2D eigenvalue weighted by atomic mass is 16.6. The average Bonchev–Trinajstić information content (AvgIpc) is 3.28. The van der Waals surface area contributed by atoms with E-state index in [-0.39, 0.29) is 31.1 Å². The number of esters is 3. The monoisotopic (exact) mass is 883 g/mol. The first-order chi connectivity index (χ1) is 31.0. The second-order valence-corrected chi connectivity index (χ2v) is 18.1. The molecule has 0 aliphatic rings. The smallest absolute Gasteiger partial charge is 0.306 e. The lowest BCUT2D eigenvalue weighted by Crippen LogP contribution is -2.30. The van der Waals surface area contributed by atoms with Crippen LogP contribution in [0.1, 0.15) is 278 Å². The molecule has 0 aromatic carbocycles. The molecule has 1 atom stereocenters. The maximum atomic E-state index is 12.8. The first-order valence-corrected chi connectivity index (χ1v) is 27.1. The molecular weight excluding hydrogens is 781 g/mol. The minimum absolute atomic E-state index is 0.0824. The van der Waals surface area contributed by atoms with Gasteiger partial charge in [-0.2, -0.15) is 0 Å². The highest BCUT2D eigenvalue weighted by molar-refractivity contribution is 5.71. The Labute approximate surface area is 390 Å². The Morgan fingerprint density at radius 2 is 0.587 bits per heavy atom. The van der Waals surface area contributed by atoms with Crippen LogP contribution in [0.4, 0.5) is 0 Å². The van der Waals surface area contributed by atoms with Crippen LogP contribution < -0.4 is 0 Å². The van der Waals surface area contributed by atoms with Crippen LogP contribution in [0.3, 0.4) is 0 Å². The molecule has 6 heteroatoms. The van der Waals surface area contributed by atoms with Crippen LogP contribution in [0.2, 0.25) is 0 Å². The van der Waals surface area contributed by atoms with Crippen molar-refractivity contribution in [3.05, 3.63) is 48.6 Å². The zero-order chi connectivity index (χ0) is 45.8. The van der Waals surface area contributed by atoms with E-state index in [1.165, 1.54) is 148 Å². The predicted octanol–water partition coefficient (Wildman–Crippen LogP) is 17.9. The topological polar surface area (TPSA) is 78.9 Å². The number of hydrogen-bond donors (Lipinski definition) is 0. The van der Waals surface area contributed by atoms with Gasteiger partial charge in [0.05, 0.1) is 0 Å². The molecule has 0 heterocycles. The summed E-state index contributed by atoms with van der Waals surface area (Å²) in [5.74, 6) is -0.904. The SMILES string of the molecule is CCCC/C=C\CCCCCCCC(=O)OC[C@H](COC(=O)CCCCCCCCCCCCCCCCCCC)OC(=O)CCCCCC/C=C\C/C=C\C/C=C\CCCCC. The third-order valence-electron chi connectivity index (χ3n) is 11.8. The van der Waals surface area contributed by atoms with Gasteiger partial charge in [0.25, 0.3) is 0 Å². The van der Waals surface area contributed by atoms with Gasteiger partial charge in [-0.05, 0) is 77.0 Å². The van der Waals surface area contributed by atoms with E-state index in [1.54, 1.807) is 0 Å². The van der Waals surface area contributed by atoms with Gasteiger partial charge in [-0.25, -0.2) is 0 Å². The Hall–Kier alpha value is -2.63. The Morgan fingerprint density at radius 1 is 0.317 bits per heavy atom. The van der Waals surface area contributed by atoms with E-state index in [0.717, 1.165) is 89.9 Å². The fraction of sp³-hybridized carbons (Fsp3) is 0.807. The van der Waals surface area contributed by atoms with Crippen LogP contribution in [0.15, 0.2) is 48.6 Å². The molecule has 0 fully saturated rings. The summed E-state index contributed by atoms with van der Waals surface area (Å²) < 4.78 is 16.8. The summed E-state index contributed by atoms with van der Waals surface area (Å²) in [5, 5.41) is 0. The fourth-order valence-corrected chi connectivity index (χ4v) is 7.67. The van der Waals surface area contributed by atoms with Crippen LogP contribution in [0.25, 0.3) is 0 Å². The molecule has 0 saturated carbocycles. The summed E-state index contributed by atoms with van der Waals surface area (Å²) in [6.45, 7) is 6.57. The number of carbonyl (C=O) groups excluding carboxylic acids is 3. The van der Waals surface area contributed by atoms with Crippen LogP contribution in [0, 0.1) is 0 Å². The fourth-order valence-electron chi connectivity index (χ4n) is 7.67. The normalized spacial score (nSPS) is 12.4. The number of unbranched alkanes of at least 4 members (excludes halogenated alkanes) is 30. The second kappa shape index (κ2) is 52.0. The van der Waals surface area contributed by atoms with Crippen LogP contribution >= 0.6 is 0 Å². The minimum atomic E-state index is -0.785. The molecule has 0 aliphatic carbocycles. The number of rotatable bonds is 49. The number of ether oxygens (including phenoxy) is 3. The molecule has 0 amide bonds. The minimum Gasteiger partial charge on any atom is -0.462 e. The maximum absolute atomic E-state index is 12.8. The molecule has 63 heavy (non-hydrogen) atoms. The molecule has 0 rings (SSSR count). The summed E-state index contributed by atoms with van der Waals surface area (Å²) in [5.41, 5.74) is 0. The average molecular weight is 883 g/mol. The van der Waals surface area contributed by atoms with Crippen LogP contribution in [-0.4, -0.2) is 37.2 Å². The van der Waals surface area contributed by atoms with Gasteiger partial charge in [0.15, 0.2) is 6.10 Å². The van der Waals surface area contributed by atoms with Crippen molar-refractivity contribution in [1.82, 2.24) is 0 Å². The van der Waals surface area contributed by atoms with Gasteiger partial charge in [0, 0.05) is 19.3 Å². The highest BCUT2D eigenvalue weighted by Gasteiger charge is 2.19. The quantitative estimate of drug-likeness (QED) is 0.0262. The summed E-state index contributed by atoms with van der Waals surface area (Å²) in [7, 11) is 0. The lowest BCUT2D eigenvalue weighted by atomic mass is 10.0. The molecule has 0 unspecified atom stereocenters. The van der Waals surface area contributed by atoms with E-state index < -0.39 is 6.10 Å². The van der Waals surface area contributed by atoms with Crippen molar-refractivity contribution in [1.29, 1.82) is 0 Å². The van der Waals surface area contributed by atoms with Gasteiger partial charge < -0.3 is 14.2 Å². The van der Waals surface area contributed by atoms with Crippen molar-refractivity contribution in [2.75, 3.05) is 13.2 Å². The Morgan fingerprint density at radius 3 is 0.984 bits per heavy atom. The molecule has 0 aromatic rings. The van der Waals surface area contributed by atoms with E-state index in [4.69, 9.17) is 14.2 Å². The molecule has 6 nitrogen and oxygen atoms in total. The Balaban J connectivity index is 4.37. The Kier molecular flexibility index (Phi) is 49.8. The molecule has 366 valence electrons. The van der Waals surface area contributed by atoms with Gasteiger partial charge in [0.2, 0.25) is 0 Å². The van der Waals surface area contributed by atoms with Crippen LogP contribution in [0.5, 0.6) is 0 Å². The maximum Gasteiger partial charge on any atom is 0.306 e. The lowest BCUT2D eigenvalue weighted by molar-refractivity contribution is -0.167. The van der Waals surface area contributed by atoms with Gasteiger partial charge >= 0.3 is 17.9 Å². The van der Waals surface area contributed by atoms with Crippen molar-refractivity contribution < 1.29 is 28.6 Å². The van der Waals surface area contributed by atoms with E-state index in [0.29, 0.717) is 19.3 Å². The van der Waals surface area contributed by atoms with Gasteiger partial charge in [0.1, 0.15) is 13.2 Å². The van der Waals surface area contributed by atoms with E-state index in [9.17, 15) is 14.4 Å². The standard InChI is InChI=1S/C57H102O6/c1-4-7-10-13-16-19-22-24-26-28-30-32-35-38-41-44-47-50-56(59)62-53-54(52-61-55(58)49-46-43-40-37-34-21-18-15-12-9-6-3)63-57(60)51-48-45-42-39-36-33-31-29-27-25-23-20-17-14-11-8-5-2/h15,17-18,20,25,27,31,33,54H,4-14,16,19,21-24,26,28-30,32,34-53H2,1-3H3/b18-15-,20-17-,27-25-,33-31-/t54-/m1/s1. The third kappa shape index (κ3) is 50.2. The number of allylic oxidation sites excluding steroid dienone is 8. The number of carbonyl (C=O) groups is 3. The third-order valence-corrected chi connectivity index (χ3v) is 11.8. The van der Waals surface area contributed by atoms with E-state index in [1.807, 2.05) is 0 Å². The first-order valence-electron chi connectivity index (χ1n) is 27.1. The zero-order valence-corrected chi connectivity index (χ0v) is 41.8. The van der Waals surface area contributed by atoms with Crippen molar-refractivity contribution >= 4 is 17.9 Å². The van der Waals surface area contributed by atoms with Gasteiger partial charge in [-0.1, -0.05) is 230 Å². The largest absolute Gasteiger partial charge is 0.462 e. The summed E-state index contributed by atoms with van der Waals surface area (Å²) in [4.78, 5) is 38.0. The molecule has 0 saturated heterocycles. The van der Waals surface area contributed by atoms with Crippen LogP contribution in [-0.2, 0) is 28.6 Å². The second-order valence-electron chi connectivity index (χ2n) is 18.1. The van der Waals surface area contributed by atoms with Gasteiger partial charge in [-0.3, -0.25) is 14.4 Å². The van der Waals surface area contributed by atoms with Crippen molar-refractivity contribution in [2.45, 2.75) is 284 Å². The lowest BCUT2D eigenvalue weighted by Gasteiger charge is -2.18. The first kappa shape index (κ1) is 60.4. The molecule has 0 aromatic heterocycles. The molecule has 0 bridgehead atoms. The van der Waals surface area contributed by atoms with E-state index in [2.05, 4.69) is 69.4 Å². The molecule has 0 N–H and O–H groups in total.